The molecule has 1 atom stereocenters. The van der Waals surface area contributed by atoms with Gasteiger partial charge >= 0.3 is 0 Å². The van der Waals surface area contributed by atoms with E-state index in [4.69, 9.17) is 4.74 Å². The maximum absolute atomic E-state index is 5.77. The summed E-state index contributed by atoms with van der Waals surface area (Å²) in [5.74, 6) is 0.932. The topological polar surface area (TPSA) is 21.3 Å². The van der Waals surface area contributed by atoms with Gasteiger partial charge in [0.1, 0.15) is 5.75 Å². The lowest BCUT2D eigenvalue weighted by molar-refractivity contribution is 0.242. The maximum atomic E-state index is 5.77. The first-order valence-corrected chi connectivity index (χ1v) is 7.47. The van der Waals surface area contributed by atoms with Gasteiger partial charge in [0.2, 0.25) is 0 Å². The molecule has 0 aliphatic heterocycles. The molecule has 0 saturated heterocycles. The monoisotopic (exact) mass is 275 g/mol. The van der Waals surface area contributed by atoms with E-state index in [0.717, 1.165) is 5.75 Å². The Morgan fingerprint density at radius 2 is 2.00 bits per heavy atom. The predicted molar refractivity (Wildman–Crippen MR) is 82.2 cm³/mol. The van der Waals surface area contributed by atoms with Crippen molar-refractivity contribution in [2.75, 3.05) is 7.05 Å². The van der Waals surface area contributed by atoms with Gasteiger partial charge in [0.15, 0.2) is 0 Å². The normalized spacial score (nSPS) is 12.7. The molecular formula is C16H21NOS. The summed E-state index contributed by atoms with van der Waals surface area (Å²) >= 11 is 1.79. The molecule has 1 N–H and O–H groups in total. The van der Waals surface area contributed by atoms with Crippen LogP contribution in [0.4, 0.5) is 0 Å². The van der Waals surface area contributed by atoms with Crippen molar-refractivity contribution in [1.29, 1.82) is 0 Å². The minimum atomic E-state index is 0.201. The Balaban J connectivity index is 2.31. The Morgan fingerprint density at radius 1 is 1.21 bits per heavy atom. The zero-order valence-electron chi connectivity index (χ0n) is 11.9. The van der Waals surface area contributed by atoms with Crippen LogP contribution in [0.5, 0.6) is 5.75 Å². The van der Waals surface area contributed by atoms with Crippen LogP contribution in [-0.2, 0) is 0 Å². The van der Waals surface area contributed by atoms with E-state index in [-0.39, 0.29) is 12.1 Å². The van der Waals surface area contributed by atoms with E-state index in [9.17, 15) is 0 Å². The third-order valence-electron chi connectivity index (χ3n) is 3.02. The van der Waals surface area contributed by atoms with Crippen molar-refractivity contribution in [2.45, 2.75) is 32.9 Å². The zero-order chi connectivity index (χ0) is 13.8. The first-order valence-electron chi connectivity index (χ1n) is 6.59. The first-order chi connectivity index (χ1) is 9.11. The number of benzene rings is 1. The summed E-state index contributed by atoms with van der Waals surface area (Å²) in [6, 6.07) is 10.7. The molecular weight excluding hydrogens is 254 g/mol. The van der Waals surface area contributed by atoms with Gasteiger partial charge in [-0.1, -0.05) is 12.1 Å². The lowest BCUT2D eigenvalue weighted by atomic mass is 10.0. The molecule has 102 valence electrons. The van der Waals surface area contributed by atoms with Crippen LogP contribution in [-0.4, -0.2) is 13.2 Å². The molecule has 2 nitrogen and oxygen atoms in total. The standard InChI is InChI=1S/C16H21NOS/c1-11(2)18-14-7-5-6-13(10-14)15(17-4)16-12(3)8-9-19-16/h5-11,15,17H,1-4H3. The highest BCUT2D eigenvalue weighted by Gasteiger charge is 2.16. The molecule has 1 unspecified atom stereocenters. The molecule has 19 heavy (non-hydrogen) atoms. The molecule has 0 aliphatic rings. The molecule has 1 heterocycles. The van der Waals surface area contributed by atoms with Gasteiger partial charge < -0.3 is 10.1 Å². The highest BCUT2D eigenvalue weighted by Crippen LogP contribution is 2.30. The summed E-state index contributed by atoms with van der Waals surface area (Å²) < 4.78 is 5.77. The van der Waals surface area contributed by atoms with Crippen molar-refractivity contribution >= 4 is 11.3 Å². The van der Waals surface area contributed by atoms with Crippen molar-refractivity contribution < 1.29 is 4.74 Å². The quantitative estimate of drug-likeness (QED) is 0.885. The van der Waals surface area contributed by atoms with Gasteiger partial charge in [-0.15, -0.1) is 11.3 Å². The zero-order valence-corrected chi connectivity index (χ0v) is 12.8. The van der Waals surface area contributed by atoms with Crippen LogP contribution in [0.3, 0.4) is 0 Å². The third-order valence-corrected chi connectivity index (χ3v) is 4.10. The van der Waals surface area contributed by atoms with Gasteiger partial charge in [-0.05, 0) is 62.5 Å². The third kappa shape index (κ3) is 3.37. The lowest BCUT2D eigenvalue weighted by Gasteiger charge is -2.18. The van der Waals surface area contributed by atoms with Crippen LogP contribution in [0.25, 0.3) is 0 Å². The molecule has 0 spiro atoms. The van der Waals surface area contributed by atoms with Gasteiger partial charge in [-0.3, -0.25) is 0 Å². The van der Waals surface area contributed by atoms with Gasteiger partial charge in [-0.25, -0.2) is 0 Å². The van der Waals surface area contributed by atoms with Crippen LogP contribution >= 0.6 is 11.3 Å². The van der Waals surface area contributed by atoms with Crippen molar-refractivity contribution in [2.24, 2.45) is 0 Å². The van der Waals surface area contributed by atoms with E-state index in [1.807, 2.05) is 27.0 Å². The van der Waals surface area contributed by atoms with Gasteiger partial charge in [-0.2, -0.15) is 0 Å². The van der Waals surface area contributed by atoms with E-state index >= 15 is 0 Å². The Bertz CT molecular complexity index is 533. The van der Waals surface area contributed by atoms with Gasteiger partial charge in [0.25, 0.3) is 0 Å². The first kappa shape index (κ1) is 14.1. The minimum absolute atomic E-state index is 0.201. The Morgan fingerprint density at radius 3 is 2.58 bits per heavy atom. The summed E-state index contributed by atoms with van der Waals surface area (Å²) in [5, 5.41) is 5.54. The molecule has 1 aromatic carbocycles. The number of hydrogen-bond acceptors (Lipinski definition) is 3. The average Bonchev–Trinajstić information content (AvgIpc) is 2.77. The minimum Gasteiger partial charge on any atom is -0.491 e. The van der Waals surface area contributed by atoms with Crippen LogP contribution in [0, 0.1) is 6.92 Å². The van der Waals surface area contributed by atoms with Crippen LogP contribution in [0.1, 0.15) is 35.9 Å². The molecule has 3 heteroatoms. The molecule has 0 aliphatic carbocycles. The summed E-state index contributed by atoms with van der Waals surface area (Å²) in [6.45, 7) is 6.25. The smallest absolute Gasteiger partial charge is 0.120 e. The molecule has 2 aromatic rings. The summed E-state index contributed by atoms with van der Waals surface area (Å²) in [5.41, 5.74) is 2.57. The van der Waals surface area contributed by atoms with Gasteiger partial charge in [0, 0.05) is 4.88 Å². The van der Waals surface area contributed by atoms with E-state index < -0.39 is 0 Å². The molecule has 0 bridgehead atoms. The number of nitrogens with one attached hydrogen (secondary N) is 1. The molecule has 1 aromatic heterocycles. The number of thiophene rings is 1. The highest BCUT2D eigenvalue weighted by atomic mass is 32.1. The lowest BCUT2D eigenvalue weighted by Crippen LogP contribution is -2.17. The predicted octanol–water partition coefficient (Wildman–Crippen LogP) is 4.15. The number of hydrogen-bond donors (Lipinski definition) is 1. The summed E-state index contributed by atoms with van der Waals surface area (Å²) in [6.07, 6.45) is 0.201. The van der Waals surface area contributed by atoms with Crippen molar-refractivity contribution in [1.82, 2.24) is 5.32 Å². The summed E-state index contributed by atoms with van der Waals surface area (Å²) in [4.78, 5) is 1.36. The molecule has 0 saturated carbocycles. The largest absolute Gasteiger partial charge is 0.491 e. The molecule has 0 amide bonds. The van der Waals surface area contributed by atoms with E-state index in [0.29, 0.717) is 0 Å². The summed E-state index contributed by atoms with van der Waals surface area (Å²) in [7, 11) is 2.00. The van der Waals surface area contributed by atoms with Crippen LogP contribution < -0.4 is 10.1 Å². The maximum Gasteiger partial charge on any atom is 0.120 e. The molecule has 0 fully saturated rings. The average molecular weight is 275 g/mol. The van der Waals surface area contributed by atoms with Crippen molar-refractivity contribution in [3.63, 3.8) is 0 Å². The van der Waals surface area contributed by atoms with E-state index in [1.165, 1.54) is 16.0 Å². The Kier molecular flexibility index (Phi) is 4.61. The van der Waals surface area contributed by atoms with Crippen molar-refractivity contribution in [3.05, 3.63) is 51.7 Å². The fourth-order valence-electron chi connectivity index (χ4n) is 2.17. The Hall–Kier alpha value is -1.32. The van der Waals surface area contributed by atoms with E-state index in [1.54, 1.807) is 11.3 Å². The SMILES string of the molecule is CNC(c1cccc(OC(C)C)c1)c1sccc1C. The number of rotatable bonds is 5. The fraction of sp³-hybridized carbons (Fsp3) is 0.375. The number of ether oxygens (including phenoxy) is 1. The second kappa shape index (κ2) is 6.22. The number of aryl methyl sites for hydroxylation is 1. The molecule has 0 radical (unpaired) electrons. The van der Waals surface area contributed by atoms with Crippen LogP contribution in [0.2, 0.25) is 0 Å². The highest BCUT2D eigenvalue weighted by molar-refractivity contribution is 7.10. The Labute approximate surface area is 119 Å². The molecule has 2 rings (SSSR count). The van der Waals surface area contributed by atoms with Gasteiger partial charge in [0.05, 0.1) is 12.1 Å². The van der Waals surface area contributed by atoms with E-state index in [2.05, 4.69) is 41.9 Å². The van der Waals surface area contributed by atoms with Crippen LogP contribution in [0.15, 0.2) is 35.7 Å². The second-order valence-corrected chi connectivity index (χ2v) is 5.88. The van der Waals surface area contributed by atoms with Crippen molar-refractivity contribution in [3.8, 4) is 5.75 Å². The second-order valence-electron chi connectivity index (χ2n) is 4.93. The fourth-order valence-corrected chi connectivity index (χ4v) is 3.23.